The summed E-state index contributed by atoms with van der Waals surface area (Å²) >= 11 is 6.51. The van der Waals surface area contributed by atoms with Crippen LogP contribution >= 0.6 is 11.6 Å². The maximum atomic E-state index is 15.9. The number of pyridine rings is 1. The van der Waals surface area contributed by atoms with Crippen molar-refractivity contribution in [3.8, 4) is 16.9 Å². The summed E-state index contributed by atoms with van der Waals surface area (Å²) < 4.78 is 33.9. The zero-order chi connectivity index (χ0) is 42.1. The number of hydrogen-bond donors (Lipinski definition) is 3. The second kappa shape index (κ2) is 17.2. The number of carbonyl (C=O) groups excluding carboxylic acids is 1. The van der Waals surface area contributed by atoms with E-state index in [0.29, 0.717) is 50.3 Å². The number of carbonyl (C=O) groups is 1. The van der Waals surface area contributed by atoms with Crippen LogP contribution in [0.15, 0.2) is 78.1 Å². The predicted molar refractivity (Wildman–Crippen MR) is 227 cm³/mol. The summed E-state index contributed by atoms with van der Waals surface area (Å²) in [7, 11) is 0. The van der Waals surface area contributed by atoms with Crippen LogP contribution in [-0.2, 0) is 24.3 Å². The molecule has 0 radical (unpaired) electrons. The lowest BCUT2D eigenvalue weighted by Crippen LogP contribution is -2.49. The number of aryl methyl sites for hydroxylation is 1. The third-order valence-corrected chi connectivity index (χ3v) is 11.7. The van der Waals surface area contributed by atoms with Crippen molar-refractivity contribution < 1.29 is 23.8 Å². The summed E-state index contributed by atoms with van der Waals surface area (Å²) in [4.78, 5) is 46.1. The minimum absolute atomic E-state index is 0.0101. The fourth-order valence-electron chi connectivity index (χ4n) is 8.25. The highest BCUT2D eigenvalue weighted by Gasteiger charge is 2.28. The van der Waals surface area contributed by atoms with E-state index in [1.54, 1.807) is 21.7 Å². The SMILES string of the molecule is C=C(Cn1cc(CNc2cc(N3CCCCC3CCO)nc3c(CC)cnn23)ccc1=O)C(=O)N1CCN(c2ncnc3c(F)c(-c4c(O)cccc4F)c(Cl)cc23)CC1. The Morgan fingerprint density at radius 2 is 1.87 bits per heavy atom. The van der Waals surface area contributed by atoms with Crippen molar-refractivity contribution in [3.63, 3.8) is 0 Å². The average molecular weight is 839 g/mol. The van der Waals surface area contributed by atoms with Gasteiger partial charge in [0.05, 0.1) is 23.3 Å². The highest BCUT2D eigenvalue weighted by atomic mass is 35.5. The molecule has 2 aliphatic heterocycles. The highest BCUT2D eigenvalue weighted by Crippen LogP contribution is 2.42. The number of phenolic OH excluding ortho intramolecular Hbond substituents is 1. The molecule has 60 heavy (non-hydrogen) atoms. The number of fused-ring (bicyclic) bond motifs is 2. The summed E-state index contributed by atoms with van der Waals surface area (Å²) in [6, 6.07) is 10.5. The number of aliphatic hydroxyl groups excluding tert-OH is 1. The van der Waals surface area contributed by atoms with Crippen molar-refractivity contribution in [1.29, 1.82) is 0 Å². The Labute approximate surface area is 349 Å². The number of halogens is 3. The van der Waals surface area contributed by atoms with E-state index in [1.807, 2.05) is 17.2 Å². The summed E-state index contributed by atoms with van der Waals surface area (Å²) in [5.41, 5.74) is 1.81. The molecule has 1 amide bonds. The molecule has 2 aliphatic rings. The molecule has 6 aromatic rings. The van der Waals surface area contributed by atoms with Gasteiger partial charge in [-0.05, 0) is 55.9 Å². The molecule has 6 heterocycles. The van der Waals surface area contributed by atoms with Crippen LogP contribution in [0.25, 0.3) is 27.7 Å². The molecule has 17 heteroatoms. The number of amides is 1. The quantitative estimate of drug-likeness (QED) is 0.125. The van der Waals surface area contributed by atoms with Crippen molar-refractivity contribution in [2.24, 2.45) is 0 Å². The van der Waals surface area contributed by atoms with Crippen molar-refractivity contribution in [2.45, 2.75) is 58.2 Å². The molecule has 0 saturated carbocycles. The molecular formula is C43H45ClF2N10O4. The summed E-state index contributed by atoms with van der Waals surface area (Å²) in [5.74, 6) is -0.506. The molecule has 14 nitrogen and oxygen atoms in total. The van der Waals surface area contributed by atoms with Gasteiger partial charge in [-0.15, -0.1) is 0 Å². The number of phenols is 1. The van der Waals surface area contributed by atoms with E-state index in [1.165, 1.54) is 35.2 Å². The fraction of sp³-hybridized carbons (Fsp3) is 0.349. The number of nitrogens with one attached hydrogen (secondary N) is 1. The first-order valence-corrected chi connectivity index (χ1v) is 20.4. The Bertz CT molecular complexity index is 2640. The van der Waals surface area contributed by atoms with Gasteiger partial charge in [-0.2, -0.15) is 9.61 Å². The van der Waals surface area contributed by atoms with Crippen molar-refractivity contribution in [2.75, 3.05) is 54.4 Å². The number of benzene rings is 2. The molecular weight excluding hydrogens is 794 g/mol. The van der Waals surface area contributed by atoms with Crippen LogP contribution in [-0.4, -0.2) is 95.5 Å². The first kappa shape index (κ1) is 40.6. The largest absolute Gasteiger partial charge is 0.507 e. The number of anilines is 3. The summed E-state index contributed by atoms with van der Waals surface area (Å²) in [6.45, 7) is 8.74. The van der Waals surface area contributed by atoms with E-state index < -0.39 is 17.4 Å². The third-order valence-electron chi connectivity index (χ3n) is 11.4. The summed E-state index contributed by atoms with van der Waals surface area (Å²) in [5, 5.41) is 28.4. The Hall–Kier alpha value is -6.13. The molecule has 2 saturated heterocycles. The van der Waals surface area contributed by atoms with Gasteiger partial charge in [0.25, 0.3) is 11.5 Å². The molecule has 0 bridgehead atoms. The average Bonchev–Trinajstić information content (AvgIpc) is 3.68. The molecule has 8 rings (SSSR count). The molecule has 3 N–H and O–H groups in total. The maximum Gasteiger partial charge on any atom is 0.251 e. The third kappa shape index (κ3) is 7.84. The first-order chi connectivity index (χ1) is 29.1. The Morgan fingerprint density at radius 3 is 2.63 bits per heavy atom. The van der Waals surface area contributed by atoms with Crippen molar-refractivity contribution >= 4 is 51.5 Å². The molecule has 2 aromatic carbocycles. The van der Waals surface area contributed by atoms with E-state index in [2.05, 4.69) is 38.8 Å². The normalized spacial score (nSPS) is 15.9. The first-order valence-electron chi connectivity index (χ1n) is 20.1. The van der Waals surface area contributed by atoms with E-state index in [-0.39, 0.29) is 57.9 Å². The van der Waals surface area contributed by atoms with Crippen LogP contribution in [0.5, 0.6) is 5.75 Å². The standard InChI is InChI=1S/C43H45ClF2N10O4/c1-3-28-22-50-56-34(20-35(51-41(28)56)55-13-5-4-7-29(55)12-18-57)47-21-27-10-11-36(59)54(24-27)23-26(2)43(60)53-16-14-52(15-17-53)42-30-19-31(44)37(39(46)40(30)48-25-49-42)38-32(45)8-6-9-33(38)58/h6,8-11,19-20,22,24-25,29,47,57-58H,2-5,7,12-18,21,23H2,1H3. The Kier molecular flexibility index (Phi) is 11.7. The van der Waals surface area contributed by atoms with E-state index in [9.17, 15) is 24.2 Å². The Morgan fingerprint density at radius 1 is 1.05 bits per heavy atom. The monoisotopic (exact) mass is 838 g/mol. The minimum atomic E-state index is -0.894. The van der Waals surface area contributed by atoms with Crippen LogP contribution in [0.2, 0.25) is 5.02 Å². The smallest absolute Gasteiger partial charge is 0.251 e. The number of aromatic nitrogens is 6. The number of hydrogen-bond acceptors (Lipinski definition) is 11. The number of piperidine rings is 1. The number of aliphatic hydroxyl groups is 1. The van der Waals surface area contributed by atoms with Gasteiger partial charge >= 0.3 is 0 Å². The van der Waals surface area contributed by atoms with Gasteiger partial charge in [0.2, 0.25) is 0 Å². The van der Waals surface area contributed by atoms with Crippen LogP contribution in [0.3, 0.4) is 0 Å². The van der Waals surface area contributed by atoms with E-state index in [4.69, 9.17) is 16.6 Å². The van der Waals surface area contributed by atoms with Gasteiger partial charge in [0.15, 0.2) is 11.5 Å². The molecule has 1 unspecified atom stereocenters. The molecule has 0 aliphatic carbocycles. The zero-order valence-electron chi connectivity index (χ0n) is 33.1. The lowest BCUT2D eigenvalue weighted by atomic mass is 9.99. The van der Waals surface area contributed by atoms with Gasteiger partial charge in [-0.25, -0.2) is 23.7 Å². The number of rotatable bonds is 12. The summed E-state index contributed by atoms with van der Waals surface area (Å²) in [6.07, 6.45) is 9.36. The van der Waals surface area contributed by atoms with Gasteiger partial charge in [-0.3, -0.25) is 9.59 Å². The molecule has 2 fully saturated rings. The second-order valence-electron chi connectivity index (χ2n) is 15.1. The number of piperazine rings is 1. The Balaban J connectivity index is 0.940. The van der Waals surface area contributed by atoms with Gasteiger partial charge < -0.3 is 34.8 Å². The van der Waals surface area contributed by atoms with Crippen LogP contribution in [0, 0.1) is 11.6 Å². The number of aromatic hydroxyl groups is 1. The molecule has 1 atom stereocenters. The lowest BCUT2D eigenvalue weighted by Gasteiger charge is -2.36. The molecule has 312 valence electrons. The van der Waals surface area contributed by atoms with Crippen LogP contribution < -0.4 is 20.7 Å². The van der Waals surface area contributed by atoms with Crippen LogP contribution in [0.4, 0.5) is 26.2 Å². The van der Waals surface area contributed by atoms with E-state index >= 15 is 4.39 Å². The zero-order valence-corrected chi connectivity index (χ0v) is 33.9. The number of nitrogens with zero attached hydrogens (tertiary/aromatic N) is 9. The predicted octanol–water partition coefficient (Wildman–Crippen LogP) is 5.96. The second-order valence-corrected chi connectivity index (χ2v) is 15.5. The van der Waals surface area contributed by atoms with Crippen molar-refractivity contribution in [1.82, 2.24) is 34.0 Å². The maximum absolute atomic E-state index is 15.9. The lowest BCUT2D eigenvalue weighted by molar-refractivity contribution is -0.127. The van der Waals surface area contributed by atoms with Gasteiger partial charge in [0, 0.05) is 92.3 Å². The molecule has 4 aromatic heterocycles. The fourth-order valence-corrected chi connectivity index (χ4v) is 8.53. The highest BCUT2D eigenvalue weighted by molar-refractivity contribution is 6.34. The minimum Gasteiger partial charge on any atom is -0.507 e. The molecule has 0 spiro atoms. The van der Waals surface area contributed by atoms with Gasteiger partial charge in [0.1, 0.15) is 40.9 Å². The topological polar surface area (TPSA) is 157 Å². The van der Waals surface area contributed by atoms with Gasteiger partial charge in [-0.1, -0.05) is 37.2 Å². The van der Waals surface area contributed by atoms with E-state index in [0.717, 1.165) is 66.7 Å². The van der Waals surface area contributed by atoms with Crippen molar-refractivity contribution in [3.05, 3.63) is 111 Å². The van der Waals surface area contributed by atoms with Crippen LogP contribution in [0.1, 0.15) is 43.7 Å².